The Bertz CT molecular complexity index is 791. The van der Waals surface area contributed by atoms with Crippen molar-refractivity contribution in [3.8, 4) is 0 Å². The lowest BCUT2D eigenvalue weighted by atomic mass is 9.91. The van der Waals surface area contributed by atoms with E-state index in [9.17, 15) is 4.79 Å². The Morgan fingerprint density at radius 3 is 2.50 bits per heavy atom. The molecule has 30 heavy (non-hydrogen) atoms. The topological polar surface area (TPSA) is 45.2 Å². The molecule has 3 rings (SSSR count). The number of hydrogen-bond acceptors (Lipinski definition) is 4. The molecule has 4 nitrogen and oxygen atoms in total. The molecule has 0 radical (unpaired) electrons. The van der Waals surface area contributed by atoms with Gasteiger partial charge in [-0.3, -0.25) is 9.69 Å². The van der Waals surface area contributed by atoms with Crippen molar-refractivity contribution in [3.05, 3.63) is 51.5 Å². The van der Waals surface area contributed by atoms with Crippen molar-refractivity contribution in [3.63, 3.8) is 0 Å². The average Bonchev–Trinajstić information content (AvgIpc) is 3.15. The van der Waals surface area contributed by atoms with Gasteiger partial charge in [0.1, 0.15) is 0 Å². The van der Waals surface area contributed by atoms with Crippen molar-refractivity contribution in [2.45, 2.75) is 72.4 Å². The van der Waals surface area contributed by atoms with Crippen molar-refractivity contribution < 1.29 is 4.79 Å². The minimum atomic E-state index is 0.0775. The van der Waals surface area contributed by atoms with Crippen LogP contribution in [-0.2, 0) is 17.8 Å². The minimum Gasteiger partial charge on any atom is -0.349 e. The van der Waals surface area contributed by atoms with E-state index in [-0.39, 0.29) is 17.9 Å². The molecule has 1 saturated heterocycles. The molecule has 1 aliphatic heterocycles. The molecule has 0 spiro atoms. The number of carbonyl (C=O) groups is 1. The van der Waals surface area contributed by atoms with E-state index < -0.39 is 0 Å². The van der Waals surface area contributed by atoms with Crippen molar-refractivity contribution in [2.24, 2.45) is 11.8 Å². The first kappa shape index (κ1) is 23.0. The predicted molar refractivity (Wildman–Crippen MR) is 126 cm³/mol. The summed E-state index contributed by atoms with van der Waals surface area (Å²) in [7, 11) is 0. The van der Waals surface area contributed by atoms with Gasteiger partial charge in [-0.1, -0.05) is 51.5 Å². The molecule has 1 atom stereocenters. The lowest BCUT2D eigenvalue weighted by Crippen LogP contribution is -2.42. The second kappa shape index (κ2) is 11.1. The number of thiazole rings is 1. The standard InChI is InChI=1S/C25H37N3OS/c1-5-6-7-20-8-10-21(11-9-20)24(18(2)3)27-25(29)22-12-14-28(15-13-22)16-23-17-30-19(4)26-23/h8-11,17-18,22,24H,5-7,12-16H2,1-4H3,(H,27,29). The van der Waals surface area contributed by atoms with Crippen LogP contribution in [0.1, 0.15) is 74.3 Å². The monoisotopic (exact) mass is 427 g/mol. The first-order valence-corrected chi connectivity index (χ1v) is 12.4. The molecule has 1 N–H and O–H groups in total. The number of aromatic nitrogens is 1. The SMILES string of the molecule is CCCCc1ccc(C(NC(=O)C2CCN(Cc3csc(C)n3)CC2)C(C)C)cc1. The molecule has 1 aromatic carbocycles. The summed E-state index contributed by atoms with van der Waals surface area (Å²) in [6.07, 6.45) is 5.43. The summed E-state index contributed by atoms with van der Waals surface area (Å²) in [6, 6.07) is 8.94. The fourth-order valence-electron chi connectivity index (χ4n) is 4.24. The van der Waals surface area contributed by atoms with Gasteiger partial charge < -0.3 is 5.32 Å². The lowest BCUT2D eigenvalue weighted by molar-refractivity contribution is -0.127. The number of rotatable bonds is 9. The maximum atomic E-state index is 13.0. The molecule has 1 amide bonds. The Labute approximate surface area is 186 Å². The third-order valence-corrected chi connectivity index (χ3v) is 6.96. The summed E-state index contributed by atoms with van der Waals surface area (Å²) >= 11 is 1.71. The average molecular weight is 428 g/mol. The van der Waals surface area contributed by atoms with Crippen molar-refractivity contribution in [1.82, 2.24) is 15.2 Å². The summed E-state index contributed by atoms with van der Waals surface area (Å²) in [6.45, 7) is 11.5. The van der Waals surface area contributed by atoms with E-state index in [1.165, 1.54) is 24.0 Å². The van der Waals surface area contributed by atoms with Gasteiger partial charge in [0.2, 0.25) is 5.91 Å². The summed E-state index contributed by atoms with van der Waals surface area (Å²) in [5.74, 6) is 0.694. The van der Waals surface area contributed by atoms with E-state index in [2.05, 4.69) is 72.5 Å². The number of benzene rings is 1. The third kappa shape index (κ3) is 6.39. The molecule has 0 saturated carbocycles. The van der Waals surface area contributed by atoms with Crippen LogP contribution in [0.2, 0.25) is 0 Å². The van der Waals surface area contributed by atoms with Gasteiger partial charge in [0.25, 0.3) is 0 Å². The number of aryl methyl sites for hydroxylation is 2. The Balaban J connectivity index is 1.52. The van der Waals surface area contributed by atoms with Gasteiger partial charge in [0.05, 0.1) is 16.7 Å². The van der Waals surface area contributed by atoms with E-state index in [0.29, 0.717) is 5.92 Å². The van der Waals surface area contributed by atoms with Crippen LogP contribution in [0.25, 0.3) is 0 Å². The largest absolute Gasteiger partial charge is 0.349 e. The van der Waals surface area contributed by atoms with Crippen LogP contribution < -0.4 is 5.32 Å². The maximum Gasteiger partial charge on any atom is 0.223 e. The number of unbranched alkanes of at least 4 members (excludes halogenated alkanes) is 1. The highest BCUT2D eigenvalue weighted by Gasteiger charge is 2.28. The van der Waals surface area contributed by atoms with E-state index in [0.717, 1.165) is 49.6 Å². The summed E-state index contributed by atoms with van der Waals surface area (Å²) < 4.78 is 0. The maximum absolute atomic E-state index is 13.0. The van der Waals surface area contributed by atoms with Crippen LogP contribution >= 0.6 is 11.3 Å². The molecule has 2 aromatic rings. The van der Waals surface area contributed by atoms with Crippen molar-refractivity contribution >= 4 is 17.2 Å². The highest BCUT2D eigenvalue weighted by molar-refractivity contribution is 7.09. The number of nitrogens with one attached hydrogen (secondary N) is 1. The quantitative estimate of drug-likeness (QED) is 0.573. The summed E-state index contributed by atoms with van der Waals surface area (Å²) in [5.41, 5.74) is 3.76. The molecule has 1 aromatic heterocycles. The number of piperidine rings is 1. The zero-order chi connectivity index (χ0) is 21.5. The molecule has 1 unspecified atom stereocenters. The smallest absolute Gasteiger partial charge is 0.223 e. The molecule has 0 aliphatic carbocycles. The molecule has 0 bridgehead atoms. The second-order valence-corrected chi connectivity index (χ2v) is 10.0. The molecule has 2 heterocycles. The van der Waals surface area contributed by atoms with Crippen molar-refractivity contribution in [2.75, 3.05) is 13.1 Å². The van der Waals surface area contributed by atoms with Gasteiger partial charge in [-0.25, -0.2) is 4.98 Å². The van der Waals surface area contributed by atoms with Gasteiger partial charge in [-0.2, -0.15) is 0 Å². The fourth-order valence-corrected chi connectivity index (χ4v) is 4.85. The molecule has 164 valence electrons. The second-order valence-electron chi connectivity index (χ2n) is 8.98. The highest BCUT2D eigenvalue weighted by atomic mass is 32.1. The van der Waals surface area contributed by atoms with Crippen molar-refractivity contribution in [1.29, 1.82) is 0 Å². The van der Waals surface area contributed by atoms with Gasteiger partial charge in [-0.15, -0.1) is 11.3 Å². The van der Waals surface area contributed by atoms with E-state index in [4.69, 9.17) is 0 Å². The van der Waals surface area contributed by atoms with Crippen LogP contribution in [-0.4, -0.2) is 28.9 Å². The lowest BCUT2D eigenvalue weighted by Gasteiger charge is -2.32. The third-order valence-electron chi connectivity index (χ3n) is 6.13. The van der Waals surface area contributed by atoms with Gasteiger partial charge in [0.15, 0.2) is 0 Å². The van der Waals surface area contributed by atoms with Crippen LogP contribution in [0.3, 0.4) is 0 Å². The van der Waals surface area contributed by atoms with Crippen LogP contribution in [0.5, 0.6) is 0 Å². The zero-order valence-electron chi connectivity index (χ0n) is 19.0. The predicted octanol–water partition coefficient (Wildman–Crippen LogP) is 5.52. The number of carbonyl (C=O) groups excluding carboxylic acids is 1. The number of amides is 1. The first-order valence-electron chi connectivity index (χ1n) is 11.5. The summed E-state index contributed by atoms with van der Waals surface area (Å²) in [5, 5.41) is 6.64. The highest BCUT2D eigenvalue weighted by Crippen LogP contribution is 2.25. The molecular weight excluding hydrogens is 390 g/mol. The van der Waals surface area contributed by atoms with Crippen LogP contribution in [0, 0.1) is 18.8 Å². The van der Waals surface area contributed by atoms with Crippen LogP contribution in [0.15, 0.2) is 29.6 Å². The van der Waals surface area contributed by atoms with E-state index in [1.54, 1.807) is 11.3 Å². The van der Waals surface area contributed by atoms with Gasteiger partial charge in [-0.05, 0) is 62.7 Å². The zero-order valence-corrected chi connectivity index (χ0v) is 19.8. The minimum absolute atomic E-state index is 0.0775. The molecule has 5 heteroatoms. The van der Waals surface area contributed by atoms with Gasteiger partial charge >= 0.3 is 0 Å². The van der Waals surface area contributed by atoms with E-state index in [1.807, 2.05) is 0 Å². The van der Waals surface area contributed by atoms with Crippen LogP contribution in [0.4, 0.5) is 0 Å². The van der Waals surface area contributed by atoms with E-state index >= 15 is 0 Å². The summed E-state index contributed by atoms with van der Waals surface area (Å²) in [4.78, 5) is 20.0. The normalized spacial score (nSPS) is 16.7. The number of nitrogens with zero attached hydrogens (tertiary/aromatic N) is 2. The first-order chi connectivity index (χ1) is 14.5. The Kier molecular flexibility index (Phi) is 8.46. The molecule has 1 fully saturated rings. The number of hydrogen-bond donors (Lipinski definition) is 1. The fraction of sp³-hybridized carbons (Fsp3) is 0.600. The Morgan fingerprint density at radius 1 is 1.23 bits per heavy atom. The Hall–Kier alpha value is -1.72. The molecule has 1 aliphatic rings. The van der Waals surface area contributed by atoms with Gasteiger partial charge in [0, 0.05) is 17.8 Å². The molecular formula is C25H37N3OS. The number of likely N-dealkylation sites (tertiary alicyclic amines) is 1. The Morgan fingerprint density at radius 2 is 1.93 bits per heavy atom.